The van der Waals surface area contributed by atoms with Crippen LogP contribution in [0.15, 0.2) is 72.9 Å². The lowest BCUT2D eigenvalue weighted by molar-refractivity contribution is 0.0501. The third kappa shape index (κ3) is 1.75. The summed E-state index contributed by atoms with van der Waals surface area (Å²) in [5.41, 5.74) is 5.08. The SMILES string of the molecule is O=C1OC[C@@H](c2ccccc2)c2c3ccccc3n3cccc1c23. The molecule has 0 saturated carbocycles. The maximum atomic E-state index is 12.5. The second-order valence-corrected chi connectivity index (χ2v) is 6.13. The van der Waals surface area contributed by atoms with Crippen LogP contribution in [0, 0.1) is 0 Å². The van der Waals surface area contributed by atoms with E-state index in [2.05, 4.69) is 28.7 Å². The molecule has 4 aromatic rings. The van der Waals surface area contributed by atoms with Crippen molar-refractivity contribution < 1.29 is 9.53 Å². The van der Waals surface area contributed by atoms with Crippen molar-refractivity contribution in [2.45, 2.75) is 5.92 Å². The zero-order valence-electron chi connectivity index (χ0n) is 13.0. The minimum absolute atomic E-state index is 0.0358. The van der Waals surface area contributed by atoms with Gasteiger partial charge in [-0.25, -0.2) is 4.79 Å². The van der Waals surface area contributed by atoms with Crippen LogP contribution in [0.4, 0.5) is 0 Å². The average Bonchev–Trinajstić information content (AvgIpc) is 2.89. The van der Waals surface area contributed by atoms with E-state index >= 15 is 0 Å². The molecule has 3 heteroatoms. The van der Waals surface area contributed by atoms with E-state index in [0.717, 1.165) is 11.0 Å². The summed E-state index contributed by atoms with van der Waals surface area (Å²) in [7, 11) is 0. The molecule has 0 saturated heterocycles. The number of para-hydroxylation sites is 1. The molecule has 1 atom stereocenters. The molecule has 1 aliphatic heterocycles. The Morgan fingerprint density at radius 1 is 0.917 bits per heavy atom. The first-order chi connectivity index (χ1) is 11.8. The van der Waals surface area contributed by atoms with Crippen molar-refractivity contribution in [3.8, 4) is 0 Å². The third-order valence-corrected chi connectivity index (χ3v) is 4.85. The van der Waals surface area contributed by atoms with Crippen LogP contribution in [0.5, 0.6) is 0 Å². The lowest BCUT2D eigenvalue weighted by Gasteiger charge is -2.15. The summed E-state index contributed by atoms with van der Waals surface area (Å²) in [4.78, 5) is 12.5. The second kappa shape index (κ2) is 4.96. The van der Waals surface area contributed by atoms with Crippen molar-refractivity contribution in [2.75, 3.05) is 6.61 Å². The van der Waals surface area contributed by atoms with Crippen LogP contribution in [-0.4, -0.2) is 17.0 Å². The highest BCUT2D eigenvalue weighted by Crippen LogP contribution is 2.39. The summed E-state index contributed by atoms with van der Waals surface area (Å²) in [5.74, 6) is -0.211. The van der Waals surface area contributed by atoms with Crippen molar-refractivity contribution in [1.82, 2.24) is 4.40 Å². The first-order valence-electron chi connectivity index (χ1n) is 8.08. The van der Waals surface area contributed by atoms with Gasteiger partial charge in [0.15, 0.2) is 0 Å². The Morgan fingerprint density at radius 3 is 2.58 bits per heavy atom. The van der Waals surface area contributed by atoms with E-state index in [1.165, 1.54) is 16.5 Å². The molecule has 0 bridgehead atoms. The van der Waals surface area contributed by atoms with Gasteiger partial charge in [0.1, 0.15) is 6.61 Å². The topological polar surface area (TPSA) is 30.7 Å². The number of rotatable bonds is 1. The van der Waals surface area contributed by atoms with E-state index in [1.54, 1.807) is 0 Å². The quantitative estimate of drug-likeness (QED) is 0.488. The molecule has 3 nitrogen and oxygen atoms in total. The largest absolute Gasteiger partial charge is 0.461 e. The molecular weight excluding hydrogens is 298 g/mol. The number of benzene rings is 2. The number of aromatic nitrogens is 1. The summed E-state index contributed by atoms with van der Waals surface area (Å²) in [6.07, 6.45) is 2.02. The van der Waals surface area contributed by atoms with Gasteiger partial charge < -0.3 is 9.14 Å². The fourth-order valence-electron chi connectivity index (χ4n) is 3.81. The third-order valence-electron chi connectivity index (χ3n) is 4.85. The maximum absolute atomic E-state index is 12.5. The minimum Gasteiger partial charge on any atom is -0.461 e. The van der Waals surface area contributed by atoms with Gasteiger partial charge in [0, 0.05) is 17.5 Å². The molecule has 0 fully saturated rings. The number of hydrogen-bond donors (Lipinski definition) is 0. The Kier molecular flexibility index (Phi) is 2.77. The molecule has 0 aliphatic carbocycles. The normalized spacial score (nSPS) is 17.0. The van der Waals surface area contributed by atoms with Crippen molar-refractivity contribution in [3.63, 3.8) is 0 Å². The van der Waals surface area contributed by atoms with E-state index in [9.17, 15) is 4.79 Å². The van der Waals surface area contributed by atoms with Gasteiger partial charge in [-0.05, 0) is 29.3 Å². The summed E-state index contributed by atoms with van der Waals surface area (Å²) in [5, 5.41) is 1.18. The second-order valence-electron chi connectivity index (χ2n) is 6.13. The van der Waals surface area contributed by atoms with Gasteiger partial charge in [0.25, 0.3) is 0 Å². The molecule has 0 N–H and O–H groups in total. The summed E-state index contributed by atoms with van der Waals surface area (Å²) < 4.78 is 7.71. The minimum atomic E-state index is -0.247. The first kappa shape index (κ1) is 13.4. The average molecular weight is 313 g/mol. The smallest absolute Gasteiger partial charge is 0.340 e. The number of esters is 1. The number of cyclic esters (lactones) is 1. The van der Waals surface area contributed by atoms with Gasteiger partial charge in [-0.15, -0.1) is 0 Å². The van der Waals surface area contributed by atoms with Gasteiger partial charge >= 0.3 is 5.97 Å². The number of hydrogen-bond acceptors (Lipinski definition) is 2. The number of ether oxygens (including phenoxy) is 1. The van der Waals surface area contributed by atoms with Gasteiger partial charge in [-0.1, -0.05) is 48.5 Å². The number of fused-ring (bicyclic) bond motifs is 3. The number of carbonyl (C=O) groups is 1. The van der Waals surface area contributed by atoms with Gasteiger partial charge in [0.2, 0.25) is 0 Å². The standard InChI is InChI=1S/C21H15NO2/c23-21-16-10-6-12-22-18-11-5-4-9-15(18)19(20(16)22)17(13-24-21)14-7-2-1-3-8-14/h1-12,17H,13H2/t17-/m0/s1. The molecule has 1 aliphatic rings. The van der Waals surface area contributed by atoms with Crippen molar-refractivity contribution >= 4 is 22.4 Å². The molecule has 0 unspecified atom stereocenters. The molecule has 2 aromatic carbocycles. The number of nitrogens with zero attached hydrogens (tertiary/aromatic N) is 1. The molecule has 0 amide bonds. The van der Waals surface area contributed by atoms with Gasteiger partial charge in [-0.3, -0.25) is 0 Å². The first-order valence-corrected chi connectivity index (χ1v) is 8.08. The van der Waals surface area contributed by atoms with Crippen molar-refractivity contribution in [1.29, 1.82) is 0 Å². The fraction of sp³-hybridized carbons (Fsp3) is 0.0952. The van der Waals surface area contributed by atoms with Crippen molar-refractivity contribution in [3.05, 3.63) is 89.6 Å². The molecule has 2 aromatic heterocycles. The molecule has 24 heavy (non-hydrogen) atoms. The van der Waals surface area contributed by atoms with Gasteiger partial charge in [0.05, 0.1) is 16.6 Å². The molecule has 0 spiro atoms. The summed E-state index contributed by atoms with van der Waals surface area (Å²) in [6.45, 7) is 0.362. The number of carbonyl (C=O) groups excluding carboxylic acids is 1. The Labute approximate surface area is 139 Å². The predicted molar refractivity (Wildman–Crippen MR) is 93.5 cm³/mol. The van der Waals surface area contributed by atoms with Crippen LogP contribution in [0.25, 0.3) is 16.4 Å². The molecule has 3 heterocycles. The number of pyridine rings is 1. The van der Waals surface area contributed by atoms with Crippen LogP contribution < -0.4 is 0 Å². The lowest BCUT2D eigenvalue weighted by atomic mass is 9.90. The van der Waals surface area contributed by atoms with E-state index in [-0.39, 0.29) is 11.9 Å². The maximum Gasteiger partial charge on any atom is 0.340 e. The molecule has 116 valence electrons. The molecule has 5 rings (SSSR count). The van der Waals surface area contributed by atoms with E-state index in [1.807, 2.05) is 48.7 Å². The summed E-state index contributed by atoms with van der Waals surface area (Å²) >= 11 is 0. The molecular formula is C21H15NO2. The Morgan fingerprint density at radius 2 is 1.71 bits per heavy atom. The van der Waals surface area contributed by atoms with E-state index < -0.39 is 0 Å². The van der Waals surface area contributed by atoms with E-state index in [4.69, 9.17) is 4.74 Å². The highest BCUT2D eigenvalue weighted by atomic mass is 16.5. The van der Waals surface area contributed by atoms with E-state index in [0.29, 0.717) is 12.2 Å². The van der Waals surface area contributed by atoms with Crippen LogP contribution in [0.1, 0.15) is 27.4 Å². The zero-order chi connectivity index (χ0) is 16.1. The van der Waals surface area contributed by atoms with Crippen LogP contribution in [0.2, 0.25) is 0 Å². The van der Waals surface area contributed by atoms with Crippen LogP contribution in [0.3, 0.4) is 0 Å². The van der Waals surface area contributed by atoms with Gasteiger partial charge in [-0.2, -0.15) is 0 Å². The monoisotopic (exact) mass is 313 g/mol. The Balaban J connectivity index is 1.95. The van der Waals surface area contributed by atoms with Crippen molar-refractivity contribution in [2.24, 2.45) is 0 Å². The molecule has 0 radical (unpaired) electrons. The highest BCUT2D eigenvalue weighted by Gasteiger charge is 2.30. The highest BCUT2D eigenvalue weighted by molar-refractivity contribution is 6.05. The Bertz CT molecular complexity index is 1080. The van der Waals surface area contributed by atoms with Crippen LogP contribution in [-0.2, 0) is 4.74 Å². The zero-order valence-corrected chi connectivity index (χ0v) is 13.0. The van der Waals surface area contributed by atoms with Crippen LogP contribution >= 0.6 is 0 Å². The fourth-order valence-corrected chi connectivity index (χ4v) is 3.81. The predicted octanol–water partition coefficient (Wildman–Crippen LogP) is 4.39. The Hall–Kier alpha value is -3.07. The summed E-state index contributed by atoms with van der Waals surface area (Å²) in [6, 6.07) is 22.4. The lowest BCUT2D eigenvalue weighted by Crippen LogP contribution is -2.10.